The van der Waals surface area contributed by atoms with E-state index in [9.17, 15) is 9.90 Å². The highest BCUT2D eigenvalue weighted by molar-refractivity contribution is 6.30. The van der Waals surface area contributed by atoms with Crippen LogP contribution in [0.15, 0.2) is 29.1 Å². The standard InChI is InChI=1S/C13H6ClN3O2/c14-8-3-1-7(2-4-8)11-9(5-15)12(18)17-13(19)10(11)6-16/h1-4H,(H2,17,18,19). The number of hydrogen-bond acceptors (Lipinski definition) is 4. The van der Waals surface area contributed by atoms with Crippen molar-refractivity contribution in [2.45, 2.75) is 0 Å². The fourth-order valence-electron chi connectivity index (χ4n) is 1.71. The molecule has 0 saturated heterocycles. The summed E-state index contributed by atoms with van der Waals surface area (Å²) in [6.45, 7) is 0. The number of aromatic nitrogens is 1. The van der Waals surface area contributed by atoms with E-state index in [-0.39, 0.29) is 16.7 Å². The van der Waals surface area contributed by atoms with Gasteiger partial charge in [-0.15, -0.1) is 0 Å². The average Bonchev–Trinajstić information content (AvgIpc) is 2.39. The molecule has 1 aromatic carbocycles. The number of H-pyrrole nitrogens is 1. The van der Waals surface area contributed by atoms with Crippen molar-refractivity contribution < 1.29 is 5.11 Å². The van der Waals surface area contributed by atoms with E-state index in [0.717, 1.165) is 0 Å². The van der Waals surface area contributed by atoms with Crippen LogP contribution in [0, 0.1) is 22.7 Å². The third-order valence-corrected chi connectivity index (χ3v) is 2.80. The van der Waals surface area contributed by atoms with E-state index in [1.807, 2.05) is 0 Å². The molecule has 0 bridgehead atoms. The third kappa shape index (κ3) is 2.15. The minimum atomic E-state index is -0.746. The molecule has 1 heterocycles. The maximum absolute atomic E-state index is 11.6. The Balaban J connectivity index is 2.89. The summed E-state index contributed by atoms with van der Waals surface area (Å²) >= 11 is 5.76. The summed E-state index contributed by atoms with van der Waals surface area (Å²) in [6, 6.07) is 9.78. The van der Waals surface area contributed by atoms with Crippen LogP contribution in [0.4, 0.5) is 0 Å². The van der Waals surface area contributed by atoms with Gasteiger partial charge in [-0.3, -0.25) is 9.78 Å². The molecule has 0 fully saturated rings. The van der Waals surface area contributed by atoms with Crippen LogP contribution in [-0.2, 0) is 0 Å². The summed E-state index contributed by atoms with van der Waals surface area (Å²) in [5, 5.41) is 28.2. The first-order valence-electron chi connectivity index (χ1n) is 5.14. The Hall–Kier alpha value is -2.76. The van der Waals surface area contributed by atoms with E-state index in [1.54, 1.807) is 36.4 Å². The van der Waals surface area contributed by atoms with Crippen molar-refractivity contribution in [2.75, 3.05) is 0 Å². The Morgan fingerprint density at radius 2 is 1.68 bits per heavy atom. The number of rotatable bonds is 1. The number of nitrogens with one attached hydrogen (secondary N) is 1. The number of pyridine rings is 1. The van der Waals surface area contributed by atoms with Gasteiger partial charge in [0.25, 0.3) is 5.56 Å². The summed E-state index contributed by atoms with van der Waals surface area (Å²) in [6.07, 6.45) is 0. The highest BCUT2D eigenvalue weighted by atomic mass is 35.5. The Bertz CT molecular complexity index is 780. The molecule has 0 amide bonds. The predicted octanol–water partition coefficient (Wildman–Crippen LogP) is 2.14. The van der Waals surface area contributed by atoms with Gasteiger partial charge in [-0.1, -0.05) is 23.7 Å². The lowest BCUT2D eigenvalue weighted by molar-refractivity contribution is 0.450. The van der Waals surface area contributed by atoms with E-state index in [0.29, 0.717) is 10.6 Å². The molecular formula is C13H6ClN3O2. The lowest BCUT2D eigenvalue weighted by Crippen LogP contribution is -2.13. The van der Waals surface area contributed by atoms with Crippen molar-refractivity contribution in [3.63, 3.8) is 0 Å². The molecule has 2 rings (SSSR count). The molecule has 0 unspecified atom stereocenters. The maximum Gasteiger partial charge on any atom is 0.269 e. The van der Waals surface area contributed by atoms with E-state index in [4.69, 9.17) is 22.1 Å². The van der Waals surface area contributed by atoms with Gasteiger partial charge >= 0.3 is 0 Å². The third-order valence-electron chi connectivity index (χ3n) is 2.55. The molecule has 5 nitrogen and oxygen atoms in total. The zero-order valence-electron chi connectivity index (χ0n) is 9.44. The van der Waals surface area contributed by atoms with Crippen LogP contribution in [0.1, 0.15) is 11.1 Å². The van der Waals surface area contributed by atoms with Gasteiger partial charge in [-0.25, -0.2) is 0 Å². The van der Waals surface area contributed by atoms with Gasteiger partial charge in [0.15, 0.2) is 0 Å². The van der Waals surface area contributed by atoms with Gasteiger partial charge in [0, 0.05) is 10.6 Å². The Labute approximate surface area is 112 Å². The molecule has 6 heteroatoms. The second-order valence-electron chi connectivity index (χ2n) is 3.66. The number of hydrogen-bond donors (Lipinski definition) is 2. The largest absolute Gasteiger partial charge is 0.494 e. The highest BCUT2D eigenvalue weighted by Gasteiger charge is 2.18. The Morgan fingerprint density at radius 3 is 2.21 bits per heavy atom. The van der Waals surface area contributed by atoms with E-state index in [1.165, 1.54) is 0 Å². The molecule has 0 aliphatic carbocycles. The summed E-state index contributed by atoms with van der Waals surface area (Å²) in [5.41, 5.74) is -0.569. The number of benzene rings is 1. The monoisotopic (exact) mass is 271 g/mol. The average molecular weight is 272 g/mol. The molecule has 0 aliphatic heterocycles. The summed E-state index contributed by atoms with van der Waals surface area (Å²) < 4.78 is 0. The van der Waals surface area contributed by atoms with Crippen molar-refractivity contribution >= 4 is 11.6 Å². The van der Waals surface area contributed by atoms with Gasteiger partial charge in [0.05, 0.1) is 0 Å². The van der Waals surface area contributed by atoms with Crippen molar-refractivity contribution in [3.05, 3.63) is 50.8 Å². The van der Waals surface area contributed by atoms with E-state index >= 15 is 0 Å². The lowest BCUT2D eigenvalue weighted by atomic mass is 9.97. The predicted molar refractivity (Wildman–Crippen MR) is 68.6 cm³/mol. The summed E-state index contributed by atoms with van der Waals surface area (Å²) in [5.74, 6) is -0.559. The zero-order valence-corrected chi connectivity index (χ0v) is 10.2. The van der Waals surface area contributed by atoms with Crippen LogP contribution in [-0.4, -0.2) is 10.1 Å². The fraction of sp³-hybridized carbons (Fsp3) is 0. The van der Waals surface area contributed by atoms with Crippen molar-refractivity contribution in [1.82, 2.24) is 4.98 Å². The molecule has 92 valence electrons. The minimum Gasteiger partial charge on any atom is -0.494 e. The van der Waals surface area contributed by atoms with Crippen LogP contribution in [0.5, 0.6) is 5.88 Å². The number of halogens is 1. The van der Waals surface area contributed by atoms with Gasteiger partial charge in [-0.2, -0.15) is 10.5 Å². The molecule has 0 aliphatic rings. The molecular weight excluding hydrogens is 266 g/mol. The lowest BCUT2D eigenvalue weighted by Gasteiger charge is -2.07. The SMILES string of the molecule is N#Cc1c(O)[nH]c(=O)c(C#N)c1-c1ccc(Cl)cc1. The first-order chi connectivity index (χ1) is 9.08. The molecule has 0 spiro atoms. The van der Waals surface area contributed by atoms with E-state index in [2.05, 4.69) is 4.98 Å². The van der Waals surface area contributed by atoms with Crippen LogP contribution in [0.25, 0.3) is 11.1 Å². The summed E-state index contributed by atoms with van der Waals surface area (Å²) in [4.78, 5) is 13.7. The van der Waals surface area contributed by atoms with Crippen LogP contribution in [0.2, 0.25) is 5.02 Å². The second-order valence-corrected chi connectivity index (χ2v) is 4.09. The number of nitriles is 2. The quantitative estimate of drug-likeness (QED) is 0.829. The van der Waals surface area contributed by atoms with Crippen molar-refractivity contribution in [1.29, 1.82) is 10.5 Å². The maximum atomic E-state index is 11.6. The van der Waals surface area contributed by atoms with Crippen LogP contribution < -0.4 is 5.56 Å². The van der Waals surface area contributed by atoms with Gasteiger partial charge in [-0.05, 0) is 17.7 Å². The molecule has 0 atom stereocenters. The zero-order chi connectivity index (χ0) is 14.0. The van der Waals surface area contributed by atoms with Gasteiger partial charge in [0.2, 0.25) is 5.88 Å². The first-order valence-corrected chi connectivity index (χ1v) is 5.51. The Kier molecular flexibility index (Phi) is 3.24. The highest BCUT2D eigenvalue weighted by Crippen LogP contribution is 2.30. The molecule has 0 saturated carbocycles. The molecule has 19 heavy (non-hydrogen) atoms. The normalized spacial score (nSPS) is 9.63. The van der Waals surface area contributed by atoms with Crippen molar-refractivity contribution in [3.8, 4) is 29.1 Å². The van der Waals surface area contributed by atoms with Gasteiger partial charge in [0.1, 0.15) is 23.3 Å². The van der Waals surface area contributed by atoms with Crippen LogP contribution in [0.3, 0.4) is 0 Å². The summed E-state index contributed by atoms with van der Waals surface area (Å²) in [7, 11) is 0. The first kappa shape index (κ1) is 12.7. The number of aromatic hydroxyl groups is 1. The smallest absolute Gasteiger partial charge is 0.269 e. The molecule has 1 aromatic heterocycles. The molecule has 2 N–H and O–H groups in total. The second kappa shape index (κ2) is 4.85. The molecule has 2 aromatic rings. The van der Waals surface area contributed by atoms with Crippen molar-refractivity contribution in [2.24, 2.45) is 0 Å². The Morgan fingerprint density at radius 1 is 1.11 bits per heavy atom. The topological polar surface area (TPSA) is 101 Å². The number of nitrogens with zero attached hydrogens (tertiary/aromatic N) is 2. The minimum absolute atomic E-state index is 0.0999. The van der Waals surface area contributed by atoms with E-state index < -0.39 is 11.4 Å². The number of aromatic amines is 1. The van der Waals surface area contributed by atoms with Gasteiger partial charge < -0.3 is 5.11 Å². The van der Waals surface area contributed by atoms with Crippen LogP contribution >= 0.6 is 11.6 Å². The fourth-order valence-corrected chi connectivity index (χ4v) is 1.84. The molecule has 0 radical (unpaired) electrons.